The van der Waals surface area contributed by atoms with Gasteiger partial charge in [-0.15, -0.1) is 0 Å². The number of halogens is 2. The lowest BCUT2D eigenvalue weighted by Gasteiger charge is -2.05. The summed E-state index contributed by atoms with van der Waals surface area (Å²) < 4.78 is 26.2. The molecular formula is C10H12F2N2O2. The molecule has 0 aromatic heterocycles. The van der Waals surface area contributed by atoms with E-state index in [0.717, 1.165) is 12.5 Å². The number of nitro groups is 1. The molecule has 0 spiro atoms. The Hall–Kier alpha value is -1.56. The van der Waals surface area contributed by atoms with E-state index in [2.05, 4.69) is 5.32 Å². The highest BCUT2D eigenvalue weighted by molar-refractivity contribution is 5.37. The van der Waals surface area contributed by atoms with Crippen LogP contribution in [0.4, 0.5) is 14.5 Å². The molecule has 0 aliphatic carbocycles. The van der Waals surface area contributed by atoms with Gasteiger partial charge >= 0.3 is 5.69 Å². The summed E-state index contributed by atoms with van der Waals surface area (Å²) in [6.45, 7) is 2.77. The van der Waals surface area contributed by atoms with Crippen molar-refractivity contribution in [2.75, 3.05) is 6.54 Å². The van der Waals surface area contributed by atoms with Gasteiger partial charge in [-0.25, -0.2) is 4.39 Å². The quantitative estimate of drug-likeness (QED) is 0.480. The first kappa shape index (κ1) is 12.5. The fourth-order valence-corrected chi connectivity index (χ4v) is 1.26. The van der Waals surface area contributed by atoms with Gasteiger partial charge in [0.15, 0.2) is 0 Å². The van der Waals surface area contributed by atoms with Crippen molar-refractivity contribution < 1.29 is 13.7 Å². The Balaban J connectivity index is 2.91. The summed E-state index contributed by atoms with van der Waals surface area (Å²) in [5.41, 5.74) is -0.601. The number of rotatable bonds is 5. The first-order valence-electron chi connectivity index (χ1n) is 4.89. The molecule has 88 valence electrons. The van der Waals surface area contributed by atoms with Crippen LogP contribution in [0.1, 0.15) is 18.9 Å². The topological polar surface area (TPSA) is 55.2 Å². The molecule has 0 heterocycles. The number of nitrogens with one attached hydrogen (secondary N) is 1. The van der Waals surface area contributed by atoms with Gasteiger partial charge in [0.1, 0.15) is 5.82 Å². The molecule has 1 aromatic carbocycles. The molecule has 1 aromatic rings. The summed E-state index contributed by atoms with van der Waals surface area (Å²) in [5.74, 6) is -1.92. The van der Waals surface area contributed by atoms with Gasteiger partial charge < -0.3 is 5.32 Å². The number of benzene rings is 1. The van der Waals surface area contributed by atoms with E-state index in [1.807, 2.05) is 6.92 Å². The predicted octanol–water partition coefficient (Wildman–Crippen LogP) is 2.37. The van der Waals surface area contributed by atoms with E-state index in [-0.39, 0.29) is 12.1 Å². The van der Waals surface area contributed by atoms with Crippen LogP contribution in [0.25, 0.3) is 0 Å². The summed E-state index contributed by atoms with van der Waals surface area (Å²) in [7, 11) is 0. The van der Waals surface area contributed by atoms with Crippen molar-refractivity contribution >= 4 is 5.69 Å². The number of nitro benzene ring substituents is 1. The highest BCUT2D eigenvalue weighted by Crippen LogP contribution is 2.21. The molecule has 0 bridgehead atoms. The summed E-state index contributed by atoms with van der Waals surface area (Å²) in [4.78, 5) is 9.57. The fraction of sp³-hybridized carbons (Fsp3) is 0.400. The van der Waals surface area contributed by atoms with Crippen molar-refractivity contribution in [2.45, 2.75) is 19.9 Å². The smallest absolute Gasteiger partial charge is 0.305 e. The zero-order valence-corrected chi connectivity index (χ0v) is 8.80. The lowest BCUT2D eigenvalue weighted by molar-refractivity contribution is -0.387. The van der Waals surface area contributed by atoms with Crippen molar-refractivity contribution in [3.63, 3.8) is 0 Å². The minimum atomic E-state index is -1.15. The molecule has 0 aliphatic rings. The largest absolute Gasteiger partial charge is 0.313 e. The molecule has 0 aliphatic heterocycles. The molecule has 0 saturated heterocycles. The van der Waals surface area contributed by atoms with Crippen LogP contribution in [-0.4, -0.2) is 11.5 Å². The third kappa shape index (κ3) is 2.96. The highest BCUT2D eigenvalue weighted by atomic mass is 19.1. The van der Waals surface area contributed by atoms with E-state index in [9.17, 15) is 18.9 Å². The third-order valence-corrected chi connectivity index (χ3v) is 2.05. The Bertz CT molecular complexity index is 397. The Morgan fingerprint density at radius 2 is 2.06 bits per heavy atom. The van der Waals surface area contributed by atoms with Crippen molar-refractivity contribution in [3.05, 3.63) is 39.4 Å². The van der Waals surface area contributed by atoms with Crippen LogP contribution in [0.5, 0.6) is 0 Å². The molecule has 0 fully saturated rings. The lowest BCUT2D eigenvalue weighted by atomic mass is 10.1. The monoisotopic (exact) mass is 230 g/mol. The minimum absolute atomic E-state index is 0.0987. The van der Waals surface area contributed by atoms with Gasteiger partial charge in [-0.2, -0.15) is 4.39 Å². The second-order valence-corrected chi connectivity index (χ2v) is 3.33. The van der Waals surface area contributed by atoms with Crippen LogP contribution in [-0.2, 0) is 6.54 Å². The summed E-state index contributed by atoms with van der Waals surface area (Å²) in [6.07, 6.45) is 0.866. The molecule has 0 saturated carbocycles. The van der Waals surface area contributed by atoms with Gasteiger partial charge in [-0.05, 0) is 13.0 Å². The van der Waals surface area contributed by atoms with Crippen molar-refractivity contribution in [2.24, 2.45) is 0 Å². The minimum Gasteiger partial charge on any atom is -0.313 e. The third-order valence-electron chi connectivity index (χ3n) is 2.05. The number of hydrogen-bond acceptors (Lipinski definition) is 3. The molecule has 0 unspecified atom stereocenters. The van der Waals surface area contributed by atoms with Gasteiger partial charge in [0.25, 0.3) is 0 Å². The Morgan fingerprint density at radius 1 is 1.38 bits per heavy atom. The average molecular weight is 230 g/mol. The van der Waals surface area contributed by atoms with Crippen LogP contribution >= 0.6 is 0 Å². The van der Waals surface area contributed by atoms with Crippen LogP contribution in [0, 0.1) is 21.7 Å². The number of hydrogen-bond donors (Lipinski definition) is 1. The maximum Gasteiger partial charge on any atom is 0.305 e. The molecule has 0 amide bonds. The molecule has 0 radical (unpaired) electrons. The average Bonchev–Trinajstić information content (AvgIpc) is 2.21. The van der Waals surface area contributed by atoms with Crippen LogP contribution in [0.2, 0.25) is 0 Å². The highest BCUT2D eigenvalue weighted by Gasteiger charge is 2.17. The number of nitrogens with zero attached hydrogens (tertiary/aromatic N) is 1. The summed E-state index contributed by atoms with van der Waals surface area (Å²) in [6, 6.07) is 1.47. The Labute approximate surface area is 91.4 Å². The molecule has 1 rings (SSSR count). The SMILES string of the molecule is CCCNCc1cc([N+](=O)[O-])c(F)cc1F. The van der Waals surface area contributed by atoms with Crippen molar-refractivity contribution in [1.29, 1.82) is 0 Å². The summed E-state index contributed by atoms with van der Waals surface area (Å²) >= 11 is 0. The van der Waals surface area contributed by atoms with E-state index < -0.39 is 22.2 Å². The van der Waals surface area contributed by atoms with Crippen LogP contribution < -0.4 is 5.32 Å². The molecule has 16 heavy (non-hydrogen) atoms. The fourth-order valence-electron chi connectivity index (χ4n) is 1.26. The van der Waals surface area contributed by atoms with Gasteiger partial charge in [0.05, 0.1) is 4.92 Å². The van der Waals surface area contributed by atoms with Crippen LogP contribution in [0.15, 0.2) is 12.1 Å². The van der Waals surface area contributed by atoms with Crippen LogP contribution in [0.3, 0.4) is 0 Å². The lowest BCUT2D eigenvalue weighted by Crippen LogP contribution is -2.15. The van der Waals surface area contributed by atoms with Gasteiger partial charge in [-0.3, -0.25) is 10.1 Å². The van der Waals surface area contributed by atoms with Gasteiger partial charge in [0.2, 0.25) is 5.82 Å². The summed E-state index contributed by atoms with van der Waals surface area (Å²) in [5, 5.41) is 13.3. The normalized spacial score (nSPS) is 10.4. The predicted molar refractivity (Wildman–Crippen MR) is 55.0 cm³/mol. The molecule has 0 atom stereocenters. The molecule has 6 heteroatoms. The molecule has 4 nitrogen and oxygen atoms in total. The maximum absolute atomic E-state index is 13.2. The standard InChI is InChI=1S/C10H12F2N2O2/c1-2-3-13-6-7-4-10(14(15)16)9(12)5-8(7)11/h4-5,13H,2-3,6H2,1H3. The second kappa shape index (κ2) is 5.50. The molecular weight excluding hydrogens is 218 g/mol. The zero-order chi connectivity index (χ0) is 12.1. The zero-order valence-electron chi connectivity index (χ0n) is 8.80. The maximum atomic E-state index is 13.2. The van der Waals surface area contributed by atoms with Crippen molar-refractivity contribution in [1.82, 2.24) is 5.32 Å². The Kier molecular flexibility index (Phi) is 4.30. The van der Waals surface area contributed by atoms with E-state index >= 15 is 0 Å². The van der Waals surface area contributed by atoms with E-state index in [4.69, 9.17) is 0 Å². The second-order valence-electron chi connectivity index (χ2n) is 3.33. The van der Waals surface area contributed by atoms with E-state index in [1.165, 1.54) is 0 Å². The Morgan fingerprint density at radius 3 is 2.62 bits per heavy atom. The van der Waals surface area contributed by atoms with Gasteiger partial charge in [-0.1, -0.05) is 6.92 Å². The molecule has 1 N–H and O–H groups in total. The first-order chi connectivity index (χ1) is 7.56. The van der Waals surface area contributed by atoms with Gasteiger partial charge in [0, 0.05) is 24.2 Å². The van der Waals surface area contributed by atoms with Crippen molar-refractivity contribution in [3.8, 4) is 0 Å². The van der Waals surface area contributed by atoms with E-state index in [0.29, 0.717) is 12.6 Å². The van der Waals surface area contributed by atoms with E-state index in [1.54, 1.807) is 0 Å². The first-order valence-corrected chi connectivity index (χ1v) is 4.89.